The maximum Gasteiger partial charge on any atom is 0.226 e. The molecule has 3 aliphatic rings. The number of carbonyl (C=O) groups is 1. The second-order valence-electron chi connectivity index (χ2n) is 6.57. The van der Waals surface area contributed by atoms with Gasteiger partial charge in [-0.1, -0.05) is 0 Å². The Hall–Kier alpha value is -0.610. The van der Waals surface area contributed by atoms with Crippen molar-refractivity contribution in [1.29, 1.82) is 0 Å². The number of nitrogens with zero attached hydrogens (tertiary/aromatic N) is 2. The van der Waals surface area contributed by atoms with E-state index in [-0.39, 0.29) is 5.92 Å². The third-order valence-electron chi connectivity index (χ3n) is 5.30. The van der Waals surface area contributed by atoms with Crippen LogP contribution in [0.15, 0.2) is 0 Å². The van der Waals surface area contributed by atoms with Crippen molar-refractivity contribution in [2.24, 2.45) is 11.8 Å². The Morgan fingerprint density at radius 3 is 2.84 bits per heavy atom. The van der Waals surface area contributed by atoms with Gasteiger partial charge in [0.15, 0.2) is 0 Å². The van der Waals surface area contributed by atoms with Crippen LogP contribution in [-0.4, -0.2) is 61.5 Å². The lowest BCUT2D eigenvalue weighted by Gasteiger charge is -2.46. The summed E-state index contributed by atoms with van der Waals surface area (Å²) in [5.74, 6) is 1.37. The van der Waals surface area contributed by atoms with Gasteiger partial charge >= 0.3 is 0 Å². The van der Waals surface area contributed by atoms with Crippen LogP contribution in [0.1, 0.15) is 32.1 Å². The molecule has 0 saturated carbocycles. The molecule has 4 heteroatoms. The van der Waals surface area contributed by atoms with Gasteiger partial charge in [0, 0.05) is 25.7 Å². The highest BCUT2D eigenvalue weighted by molar-refractivity contribution is 5.79. The Kier molecular flexibility index (Phi) is 4.08. The van der Waals surface area contributed by atoms with Gasteiger partial charge < -0.3 is 15.1 Å². The molecular weight excluding hydrogens is 238 g/mol. The molecule has 0 aromatic carbocycles. The molecule has 3 aliphatic heterocycles. The number of fused-ring (bicyclic) bond motifs is 1. The summed E-state index contributed by atoms with van der Waals surface area (Å²) in [6.07, 6.45) is 6.01. The van der Waals surface area contributed by atoms with E-state index in [2.05, 4.69) is 22.2 Å². The molecule has 1 N–H and O–H groups in total. The Labute approximate surface area is 116 Å². The van der Waals surface area contributed by atoms with Crippen LogP contribution < -0.4 is 5.32 Å². The van der Waals surface area contributed by atoms with E-state index in [1.54, 1.807) is 0 Å². The van der Waals surface area contributed by atoms with Crippen LogP contribution in [0.5, 0.6) is 0 Å². The van der Waals surface area contributed by atoms with Crippen molar-refractivity contribution >= 4 is 5.91 Å². The predicted molar refractivity (Wildman–Crippen MR) is 75.9 cm³/mol. The van der Waals surface area contributed by atoms with E-state index in [4.69, 9.17) is 0 Å². The van der Waals surface area contributed by atoms with Crippen molar-refractivity contribution in [1.82, 2.24) is 15.1 Å². The van der Waals surface area contributed by atoms with Crippen molar-refractivity contribution < 1.29 is 4.79 Å². The number of nitrogens with one attached hydrogen (secondary N) is 1. The lowest BCUT2D eigenvalue weighted by molar-refractivity contribution is -0.139. The maximum absolute atomic E-state index is 12.6. The number of amides is 1. The zero-order valence-electron chi connectivity index (χ0n) is 12.1. The number of piperidine rings is 3. The molecule has 3 saturated heterocycles. The highest BCUT2D eigenvalue weighted by atomic mass is 16.2. The number of hydrogen-bond donors (Lipinski definition) is 1. The molecule has 0 bridgehead atoms. The summed E-state index contributed by atoms with van der Waals surface area (Å²) in [6, 6.07) is 0.724. The van der Waals surface area contributed by atoms with Crippen LogP contribution in [0.25, 0.3) is 0 Å². The molecule has 19 heavy (non-hydrogen) atoms. The number of hydrogen-bond acceptors (Lipinski definition) is 3. The van der Waals surface area contributed by atoms with Crippen LogP contribution >= 0.6 is 0 Å². The Balaban J connectivity index is 1.59. The molecule has 0 aromatic heterocycles. The van der Waals surface area contributed by atoms with Gasteiger partial charge in [0.1, 0.15) is 0 Å². The predicted octanol–water partition coefficient (Wildman–Crippen LogP) is 0.929. The third kappa shape index (κ3) is 2.79. The molecular formula is C15H27N3O. The van der Waals surface area contributed by atoms with Gasteiger partial charge in [-0.05, 0) is 58.2 Å². The topological polar surface area (TPSA) is 35.6 Å². The molecule has 3 atom stereocenters. The van der Waals surface area contributed by atoms with Crippen molar-refractivity contribution in [3.05, 3.63) is 0 Å². The summed E-state index contributed by atoms with van der Waals surface area (Å²) in [5.41, 5.74) is 0. The molecule has 3 heterocycles. The van der Waals surface area contributed by atoms with E-state index in [9.17, 15) is 4.79 Å². The van der Waals surface area contributed by atoms with Crippen molar-refractivity contribution in [3.63, 3.8) is 0 Å². The molecule has 0 spiro atoms. The molecule has 1 amide bonds. The Morgan fingerprint density at radius 1 is 1.16 bits per heavy atom. The van der Waals surface area contributed by atoms with Gasteiger partial charge in [-0.2, -0.15) is 0 Å². The third-order valence-corrected chi connectivity index (χ3v) is 5.30. The second-order valence-corrected chi connectivity index (χ2v) is 6.57. The fourth-order valence-electron chi connectivity index (χ4n) is 4.17. The van der Waals surface area contributed by atoms with Gasteiger partial charge in [-0.15, -0.1) is 0 Å². The first-order valence-corrected chi connectivity index (χ1v) is 7.95. The van der Waals surface area contributed by atoms with E-state index in [1.165, 1.54) is 25.8 Å². The van der Waals surface area contributed by atoms with Gasteiger partial charge in [0.2, 0.25) is 5.91 Å². The second kappa shape index (κ2) is 5.80. The van der Waals surface area contributed by atoms with Gasteiger partial charge in [-0.25, -0.2) is 0 Å². The zero-order chi connectivity index (χ0) is 13.2. The number of carbonyl (C=O) groups excluding carboxylic acids is 1. The summed E-state index contributed by atoms with van der Waals surface area (Å²) in [6.45, 7) is 5.19. The number of likely N-dealkylation sites (tertiary alicyclic amines) is 2. The standard InChI is InChI=1S/C15H27N3O/c1-17-8-3-5-13-11-18(9-6-14(13)17)15(19)12-4-2-7-16-10-12/h12-14,16H,2-11H2,1H3. The molecule has 4 nitrogen and oxygen atoms in total. The highest BCUT2D eigenvalue weighted by Crippen LogP contribution is 2.30. The van der Waals surface area contributed by atoms with Crippen LogP contribution in [-0.2, 0) is 4.79 Å². The fourth-order valence-corrected chi connectivity index (χ4v) is 4.17. The van der Waals surface area contributed by atoms with Crippen molar-refractivity contribution in [2.45, 2.75) is 38.1 Å². The molecule has 0 radical (unpaired) electrons. The lowest BCUT2D eigenvalue weighted by Crippen LogP contribution is -2.55. The van der Waals surface area contributed by atoms with Gasteiger partial charge in [-0.3, -0.25) is 4.79 Å². The minimum atomic E-state index is 0.242. The summed E-state index contributed by atoms with van der Waals surface area (Å²) in [4.78, 5) is 17.3. The first-order valence-electron chi connectivity index (χ1n) is 7.95. The smallest absolute Gasteiger partial charge is 0.226 e. The molecule has 3 fully saturated rings. The maximum atomic E-state index is 12.6. The van der Waals surface area contributed by atoms with E-state index >= 15 is 0 Å². The SMILES string of the molecule is CN1CCCC2CN(C(=O)C3CCCNC3)CCC21. The minimum absolute atomic E-state index is 0.242. The summed E-state index contributed by atoms with van der Waals surface area (Å²) in [7, 11) is 2.25. The van der Waals surface area contributed by atoms with E-state index in [1.807, 2.05) is 0 Å². The first-order chi connectivity index (χ1) is 9.25. The molecule has 0 aliphatic carbocycles. The quantitative estimate of drug-likeness (QED) is 0.766. The van der Waals surface area contributed by atoms with Crippen LogP contribution in [0, 0.1) is 11.8 Å². The lowest BCUT2D eigenvalue weighted by atomic mass is 9.83. The normalized spacial score (nSPS) is 36.9. The van der Waals surface area contributed by atoms with E-state index < -0.39 is 0 Å². The molecule has 3 rings (SSSR count). The van der Waals surface area contributed by atoms with Crippen molar-refractivity contribution in [2.75, 3.05) is 39.8 Å². The average Bonchev–Trinajstić information content (AvgIpc) is 2.47. The summed E-state index contributed by atoms with van der Waals surface area (Å²) >= 11 is 0. The molecule has 3 unspecified atom stereocenters. The zero-order valence-corrected chi connectivity index (χ0v) is 12.1. The van der Waals surface area contributed by atoms with E-state index in [0.29, 0.717) is 11.8 Å². The fraction of sp³-hybridized carbons (Fsp3) is 0.933. The van der Waals surface area contributed by atoms with Gasteiger partial charge in [0.25, 0.3) is 0 Å². The Morgan fingerprint density at radius 2 is 2.05 bits per heavy atom. The monoisotopic (exact) mass is 265 g/mol. The highest BCUT2D eigenvalue weighted by Gasteiger charge is 2.37. The minimum Gasteiger partial charge on any atom is -0.342 e. The summed E-state index contributed by atoms with van der Waals surface area (Å²) < 4.78 is 0. The van der Waals surface area contributed by atoms with Crippen molar-refractivity contribution in [3.8, 4) is 0 Å². The molecule has 0 aromatic rings. The molecule has 108 valence electrons. The van der Waals surface area contributed by atoms with Crippen LogP contribution in [0.4, 0.5) is 0 Å². The number of rotatable bonds is 1. The van der Waals surface area contributed by atoms with E-state index in [0.717, 1.165) is 45.1 Å². The van der Waals surface area contributed by atoms with Crippen LogP contribution in [0.3, 0.4) is 0 Å². The van der Waals surface area contributed by atoms with Crippen LogP contribution in [0.2, 0.25) is 0 Å². The largest absolute Gasteiger partial charge is 0.342 e. The first kappa shape index (κ1) is 13.4. The Bertz CT molecular complexity index is 327. The average molecular weight is 265 g/mol. The van der Waals surface area contributed by atoms with Gasteiger partial charge in [0.05, 0.1) is 5.92 Å². The summed E-state index contributed by atoms with van der Waals surface area (Å²) in [5, 5.41) is 3.36.